The van der Waals surface area contributed by atoms with Crippen molar-refractivity contribution in [1.82, 2.24) is 0 Å². The molecule has 0 amide bonds. The molecule has 53 heavy (non-hydrogen) atoms. The molecular weight excluding hydrogens is 689 g/mol. The van der Waals surface area contributed by atoms with Gasteiger partial charge in [0.15, 0.2) is 6.10 Å². The SMILES string of the molecule is CCCCC/C=C\CCCCCCCC(=O)OC[C@H](COP(=O)(O)OCC[N+](C)(C)C)OC(=O)CCCCCCCCC/C=C\CCCCCCCC. The fourth-order valence-corrected chi connectivity index (χ4v) is 6.51. The number of hydrogen-bond donors (Lipinski definition) is 1. The molecular formula is C43H83NO8P+. The molecule has 1 unspecified atom stereocenters. The minimum atomic E-state index is -4.37. The lowest BCUT2D eigenvalue weighted by molar-refractivity contribution is -0.870. The fraction of sp³-hybridized carbons (Fsp3) is 0.860. The number of allylic oxidation sites excluding steroid dienone is 4. The number of ether oxygens (including phenoxy) is 2. The quantitative estimate of drug-likeness (QED) is 0.0216. The van der Waals surface area contributed by atoms with E-state index >= 15 is 0 Å². The van der Waals surface area contributed by atoms with E-state index in [-0.39, 0.29) is 32.0 Å². The van der Waals surface area contributed by atoms with E-state index in [1.54, 1.807) is 0 Å². The summed E-state index contributed by atoms with van der Waals surface area (Å²) in [6, 6.07) is 0. The van der Waals surface area contributed by atoms with Gasteiger partial charge < -0.3 is 18.9 Å². The maximum Gasteiger partial charge on any atom is 0.472 e. The molecule has 0 fully saturated rings. The number of carbonyl (C=O) groups excluding carboxylic acids is 2. The van der Waals surface area contributed by atoms with Gasteiger partial charge in [0.2, 0.25) is 0 Å². The molecule has 312 valence electrons. The van der Waals surface area contributed by atoms with Crippen molar-refractivity contribution < 1.29 is 42.1 Å². The number of rotatable bonds is 39. The van der Waals surface area contributed by atoms with Crippen molar-refractivity contribution in [3.8, 4) is 0 Å². The smallest absolute Gasteiger partial charge is 0.462 e. The molecule has 0 saturated heterocycles. The monoisotopic (exact) mass is 773 g/mol. The van der Waals surface area contributed by atoms with Crippen LogP contribution >= 0.6 is 7.82 Å². The number of phosphoric acid groups is 1. The molecule has 0 aromatic carbocycles. The zero-order valence-electron chi connectivity index (χ0n) is 35.0. The lowest BCUT2D eigenvalue weighted by atomic mass is 10.1. The topological polar surface area (TPSA) is 108 Å². The van der Waals surface area contributed by atoms with Crippen LogP contribution in [0.4, 0.5) is 0 Å². The Morgan fingerprint density at radius 2 is 0.962 bits per heavy atom. The molecule has 0 aliphatic carbocycles. The molecule has 0 aliphatic rings. The van der Waals surface area contributed by atoms with Crippen LogP contribution in [0.1, 0.15) is 187 Å². The van der Waals surface area contributed by atoms with Crippen LogP contribution in [-0.4, -0.2) is 74.9 Å². The van der Waals surface area contributed by atoms with Gasteiger partial charge in [-0.15, -0.1) is 0 Å². The Morgan fingerprint density at radius 3 is 1.43 bits per heavy atom. The highest BCUT2D eigenvalue weighted by molar-refractivity contribution is 7.47. The largest absolute Gasteiger partial charge is 0.472 e. The van der Waals surface area contributed by atoms with Crippen molar-refractivity contribution in [3.63, 3.8) is 0 Å². The predicted molar refractivity (Wildman–Crippen MR) is 220 cm³/mol. The van der Waals surface area contributed by atoms with Crippen LogP contribution in [0.25, 0.3) is 0 Å². The highest BCUT2D eigenvalue weighted by Crippen LogP contribution is 2.43. The van der Waals surface area contributed by atoms with Crippen LogP contribution < -0.4 is 0 Å². The van der Waals surface area contributed by atoms with Crippen molar-refractivity contribution in [2.24, 2.45) is 0 Å². The molecule has 0 radical (unpaired) electrons. The Bertz CT molecular complexity index is 964. The van der Waals surface area contributed by atoms with E-state index < -0.39 is 26.5 Å². The summed E-state index contributed by atoms with van der Waals surface area (Å²) in [6.07, 6.45) is 37.9. The van der Waals surface area contributed by atoms with Crippen molar-refractivity contribution in [3.05, 3.63) is 24.3 Å². The van der Waals surface area contributed by atoms with Gasteiger partial charge in [0, 0.05) is 12.8 Å². The third-order valence-corrected chi connectivity index (χ3v) is 10.2. The average molecular weight is 773 g/mol. The normalized spacial score (nSPS) is 13.8. The van der Waals surface area contributed by atoms with Gasteiger partial charge in [0.1, 0.15) is 19.8 Å². The number of carbonyl (C=O) groups is 2. The van der Waals surface area contributed by atoms with Crippen LogP contribution in [0.5, 0.6) is 0 Å². The zero-order valence-corrected chi connectivity index (χ0v) is 35.9. The molecule has 0 aromatic heterocycles. The molecule has 0 rings (SSSR count). The van der Waals surface area contributed by atoms with Gasteiger partial charge in [0.25, 0.3) is 0 Å². The number of phosphoric ester groups is 1. The third-order valence-electron chi connectivity index (χ3n) is 9.20. The summed E-state index contributed by atoms with van der Waals surface area (Å²) in [5, 5.41) is 0. The molecule has 9 nitrogen and oxygen atoms in total. The second-order valence-corrected chi connectivity index (χ2v) is 17.2. The Balaban J connectivity index is 4.37. The number of unbranched alkanes of at least 4 members (excludes halogenated alkanes) is 21. The second-order valence-electron chi connectivity index (χ2n) is 15.7. The van der Waals surface area contributed by atoms with E-state index in [0.29, 0.717) is 17.4 Å². The van der Waals surface area contributed by atoms with Crippen molar-refractivity contribution in [2.45, 2.75) is 193 Å². The van der Waals surface area contributed by atoms with Gasteiger partial charge >= 0.3 is 19.8 Å². The van der Waals surface area contributed by atoms with Gasteiger partial charge in [-0.3, -0.25) is 18.6 Å². The molecule has 0 aromatic rings. The first-order valence-electron chi connectivity index (χ1n) is 21.6. The van der Waals surface area contributed by atoms with Gasteiger partial charge in [0.05, 0.1) is 27.7 Å². The summed E-state index contributed by atoms with van der Waals surface area (Å²) in [6.45, 7) is 4.38. The lowest BCUT2D eigenvalue weighted by Crippen LogP contribution is -2.37. The maximum atomic E-state index is 12.7. The maximum absolute atomic E-state index is 12.7. The molecule has 10 heteroatoms. The fourth-order valence-electron chi connectivity index (χ4n) is 5.77. The summed E-state index contributed by atoms with van der Waals surface area (Å²) in [4.78, 5) is 35.3. The summed E-state index contributed by atoms with van der Waals surface area (Å²) in [5.41, 5.74) is 0. The van der Waals surface area contributed by atoms with E-state index in [2.05, 4.69) is 38.2 Å². The summed E-state index contributed by atoms with van der Waals surface area (Å²) < 4.78 is 34.2. The molecule has 0 spiro atoms. The standard InChI is InChI=1S/C43H82NO8P/c1-6-8-10-12-14-16-18-20-21-22-23-24-26-28-30-32-34-36-43(46)52-41(40-51-53(47,48)50-38-37-44(3,4)5)39-49-42(45)35-33-31-29-27-25-19-17-15-13-11-9-7-2/h15,17,20-21,41H,6-14,16,18-19,22-40H2,1-5H3/p+1/b17-15-,21-20-/t41-/m1/s1. The van der Waals surface area contributed by atoms with Crippen LogP contribution in [0, 0.1) is 0 Å². The zero-order chi connectivity index (χ0) is 39.3. The number of quaternary nitrogens is 1. The average Bonchev–Trinajstić information content (AvgIpc) is 3.10. The number of likely N-dealkylation sites (N-methyl/N-ethyl adjacent to an activating group) is 1. The van der Waals surface area contributed by atoms with Crippen molar-refractivity contribution >= 4 is 19.8 Å². The van der Waals surface area contributed by atoms with Gasteiger partial charge in [-0.2, -0.15) is 0 Å². The van der Waals surface area contributed by atoms with Crippen LogP contribution in [0.2, 0.25) is 0 Å². The van der Waals surface area contributed by atoms with E-state index in [4.69, 9.17) is 18.5 Å². The number of esters is 2. The molecule has 0 aliphatic heterocycles. The number of nitrogens with zero attached hydrogens (tertiary/aromatic N) is 1. The Kier molecular flexibility index (Phi) is 35.1. The Morgan fingerprint density at radius 1 is 0.566 bits per heavy atom. The summed E-state index contributed by atoms with van der Waals surface area (Å²) in [5.74, 6) is -0.812. The second kappa shape index (κ2) is 36.1. The summed E-state index contributed by atoms with van der Waals surface area (Å²) >= 11 is 0. The first-order chi connectivity index (χ1) is 25.5. The van der Waals surface area contributed by atoms with E-state index in [9.17, 15) is 19.0 Å². The van der Waals surface area contributed by atoms with Crippen molar-refractivity contribution in [1.29, 1.82) is 0 Å². The highest BCUT2D eigenvalue weighted by Gasteiger charge is 2.27. The van der Waals surface area contributed by atoms with Gasteiger partial charge in [-0.1, -0.05) is 134 Å². The number of hydrogen-bond acceptors (Lipinski definition) is 7. The Labute approximate surface area is 326 Å². The molecule has 0 heterocycles. The van der Waals surface area contributed by atoms with E-state index in [1.165, 1.54) is 89.9 Å². The summed E-state index contributed by atoms with van der Waals surface area (Å²) in [7, 11) is 1.47. The van der Waals surface area contributed by atoms with Crippen LogP contribution in [0.3, 0.4) is 0 Å². The van der Waals surface area contributed by atoms with E-state index in [1.807, 2.05) is 21.1 Å². The highest BCUT2D eigenvalue weighted by atomic mass is 31.2. The molecule has 2 atom stereocenters. The van der Waals surface area contributed by atoms with Gasteiger partial charge in [-0.25, -0.2) is 4.57 Å². The van der Waals surface area contributed by atoms with Crippen LogP contribution in [-0.2, 0) is 32.7 Å². The van der Waals surface area contributed by atoms with Gasteiger partial charge in [-0.05, 0) is 64.2 Å². The Hall–Kier alpha value is -1.51. The minimum Gasteiger partial charge on any atom is -0.462 e. The van der Waals surface area contributed by atoms with Crippen LogP contribution in [0.15, 0.2) is 24.3 Å². The first-order valence-corrected chi connectivity index (χ1v) is 23.1. The van der Waals surface area contributed by atoms with Crippen molar-refractivity contribution in [2.75, 3.05) is 47.5 Å². The minimum absolute atomic E-state index is 0.0306. The molecule has 0 bridgehead atoms. The third kappa shape index (κ3) is 40.0. The molecule has 0 saturated carbocycles. The molecule has 1 N–H and O–H groups in total. The predicted octanol–water partition coefficient (Wildman–Crippen LogP) is 12.0. The lowest BCUT2D eigenvalue weighted by Gasteiger charge is -2.24. The van der Waals surface area contributed by atoms with E-state index in [0.717, 1.165) is 64.2 Å². The first kappa shape index (κ1) is 51.5.